The third-order valence-electron chi connectivity index (χ3n) is 17.4. The van der Waals surface area contributed by atoms with Gasteiger partial charge >= 0.3 is 0 Å². The summed E-state index contributed by atoms with van der Waals surface area (Å²) in [5, 5.41) is 0. The second kappa shape index (κ2) is 68.1. The predicted octanol–water partition coefficient (Wildman–Crippen LogP) is 27.6. The Labute approximate surface area is 466 Å². The van der Waals surface area contributed by atoms with Crippen LogP contribution in [0.1, 0.15) is 451 Å². The Hall–Kier alpha value is -0.0400. The summed E-state index contributed by atoms with van der Waals surface area (Å²) in [5.74, 6) is 0. The maximum atomic E-state index is 7.34. The minimum Gasteiger partial charge on any atom is -0.375 e. The molecule has 73 heavy (non-hydrogen) atoms. The number of hydrogen-bond donors (Lipinski definition) is 0. The molecule has 1 heteroatoms. The highest BCUT2D eigenvalue weighted by Gasteiger charge is 2.17. The molecule has 440 valence electrons. The van der Waals surface area contributed by atoms with Gasteiger partial charge in [0.2, 0.25) is 0 Å². The lowest BCUT2D eigenvalue weighted by atomic mass is 9.98. The Kier molecular flexibility index (Phi) is 68.0. The van der Waals surface area contributed by atoms with E-state index in [0.29, 0.717) is 12.2 Å². The molecule has 0 fully saturated rings. The second-order valence-corrected chi connectivity index (χ2v) is 25.0. The van der Waals surface area contributed by atoms with Crippen molar-refractivity contribution in [3.63, 3.8) is 0 Å². The van der Waals surface area contributed by atoms with Crippen molar-refractivity contribution < 1.29 is 4.74 Å². The Morgan fingerprint density at radius 1 is 0.137 bits per heavy atom. The van der Waals surface area contributed by atoms with E-state index in [4.69, 9.17) is 4.74 Å². The van der Waals surface area contributed by atoms with Crippen LogP contribution in [0.2, 0.25) is 0 Å². The monoisotopic (exact) mass is 1030 g/mol. The largest absolute Gasteiger partial charge is 0.375 e. The van der Waals surface area contributed by atoms with Crippen molar-refractivity contribution >= 4 is 0 Å². The fourth-order valence-corrected chi connectivity index (χ4v) is 12.2. The lowest BCUT2D eigenvalue weighted by Crippen LogP contribution is -2.23. The molecule has 0 spiro atoms. The fourth-order valence-electron chi connectivity index (χ4n) is 12.2. The second-order valence-electron chi connectivity index (χ2n) is 25.0. The van der Waals surface area contributed by atoms with E-state index in [9.17, 15) is 0 Å². The highest BCUT2D eigenvalue weighted by Crippen LogP contribution is 2.25. The van der Waals surface area contributed by atoms with E-state index in [0.717, 1.165) is 0 Å². The molecular formula is C72H146O. The van der Waals surface area contributed by atoms with E-state index in [-0.39, 0.29) is 0 Å². The van der Waals surface area contributed by atoms with Gasteiger partial charge in [-0.15, -0.1) is 0 Å². The van der Waals surface area contributed by atoms with Gasteiger partial charge in [0.15, 0.2) is 0 Å². The summed E-state index contributed by atoms with van der Waals surface area (Å²) >= 11 is 0. The molecular weight excluding hydrogens is 881 g/mol. The Bertz CT molecular complexity index is 839. The van der Waals surface area contributed by atoms with Crippen LogP contribution in [0.4, 0.5) is 0 Å². The molecule has 0 rings (SSSR count). The van der Waals surface area contributed by atoms with Crippen LogP contribution in [-0.4, -0.2) is 12.2 Å². The zero-order valence-electron chi connectivity index (χ0n) is 52.2. The van der Waals surface area contributed by atoms with Crippen LogP contribution < -0.4 is 0 Å². The van der Waals surface area contributed by atoms with Crippen molar-refractivity contribution in [2.45, 2.75) is 464 Å². The molecule has 0 aromatic carbocycles. The quantitative estimate of drug-likeness (QED) is 0.0552. The number of ether oxygens (including phenoxy) is 1. The summed E-state index contributed by atoms with van der Waals surface area (Å²) in [7, 11) is 0. The van der Waals surface area contributed by atoms with Gasteiger partial charge in [-0.05, 0) is 25.7 Å². The van der Waals surface area contributed by atoms with Crippen LogP contribution in [0, 0.1) is 0 Å². The average Bonchev–Trinajstić information content (AvgIpc) is 3.40. The smallest absolute Gasteiger partial charge is 0.0578 e. The summed E-state index contributed by atoms with van der Waals surface area (Å²) < 4.78 is 7.34. The zero-order valence-corrected chi connectivity index (χ0v) is 52.2. The van der Waals surface area contributed by atoms with Gasteiger partial charge < -0.3 is 4.74 Å². The minimum atomic E-state index is 0.510. The lowest BCUT2D eigenvalue weighted by molar-refractivity contribution is -0.0324. The van der Waals surface area contributed by atoms with Gasteiger partial charge in [0.1, 0.15) is 0 Å². The first-order valence-electron chi connectivity index (χ1n) is 35.9. The predicted molar refractivity (Wildman–Crippen MR) is 336 cm³/mol. The summed E-state index contributed by atoms with van der Waals surface area (Å²) in [5.41, 5.74) is 0. The van der Waals surface area contributed by atoms with Gasteiger partial charge in [0.05, 0.1) is 12.2 Å². The van der Waals surface area contributed by atoms with Gasteiger partial charge in [0, 0.05) is 0 Å². The Morgan fingerprint density at radius 3 is 0.342 bits per heavy atom. The molecule has 1 nitrogen and oxygen atoms in total. The highest BCUT2D eigenvalue weighted by atomic mass is 16.5. The van der Waals surface area contributed by atoms with Crippen LogP contribution in [0.25, 0.3) is 0 Å². The van der Waals surface area contributed by atoms with Crippen molar-refractivity contribution in [3.8, 4) is 0 Å². The maximum absolute atomic E-state index is 7.34. The molecule has 2 atom stereocenters. The van der Waals surface area contributed by atoms with Crippen LogP contribution in [0.15, 0.2) is 0 Å². The van der Waals surface area contributed by atoms with Gasteiger partial charge in [-0.25, -0.2) is 0 Å². The number of unbranched alkanes of at least 4 members (excludes halogenated alkanes) is 58. The van der Waals surface area contributed by atoms with Crippen molar-refractivity contribution in [3.05, 3.63) is 0 Å². The van der Waals surface area contributed by atoms with Crippen molar-refractivity contribution in [2.24, 2.45) is 0 Å². The standard InChI is InChI=1S/C72H146O/c1-5-9-13-17-21-25-29-33-37-39-41-45-49-53-57-61-65-69-71(67-63-59-55-51-47-43-35-31-27-23-19-15-11-7-3)73-72(68-64-60-56-52-48-44-36-32-28-24-20-16-12-8-4)70-66-62-58-54-50-46-42-40-38-34-30-26-22-18-14-10-6-2/h71-72H,5-70H2,1-4H3. The van der Waals surface area contributed by atoms with E-state index in [2.05, 4.69) is 27.7 Å². The minimum absolute atomic E-state index is 0.510. The molecule has 0 bridgehead atoms. The summed E-state index contributed by atoms with van der Waals surface area (Å²) in [6, 6.07) is 0. The van der Waals surface area contributed by atoms with E-state index in [1.54, 1.807) is 0 Å². The first kappa shape index (κ1) is 73.0. The Balaban J connectivity index is 4.85. The molecule has 0 aliphatic heterocycles. The van der Waals surface area contributed by atoms with Gasteiger partial charge in [-0.1, -0.05) is 426 Å². The first-order chi connectivity index (χ1) is 36.3. The fraction of sp³-hybridized carbons (Fsp3) is 1.00. The molecule has 0 saturated carbocycles. The molecule has 0 aromatic heterocycles. The summed E-state index contributed by atoms with van der Waals surface area (Å²) in [4.78, 5) is 0. The first-order valence-corrected chi connectivity index (χ1v) is 35.9. The zero-order chi connectivity index (χ0) is 52.5. The molecule has 0 aliphatic rings. The van der Waals surface area contributed by atoms with E-state index in [1.807, 2.05) is 0 Å². The van der Waals surface area contributed by atoms with Crippen LogP contribution in [0.3, 0.4) is 0 Å². The summed E-state index contributed by atoms with van der Waals surface area (Å²) in [6.45, 7) is 9.31. The maximum Gasteiger partial charge on any atom is 0.0578 e. The van der Waals surface area contributed by atoms with Crippen molar-refractivity contribution in [2.75, 3.05) is 0 Å². The van der Waals surface area contributed by atoms with Crippen LogP contribution in [-0.2, 0) is 4.74 Å². The molecule has 2 unspecified atom stereocenters. The topological polar surface area (TPSA) is 9.23 Å². The summed E-state index contributed by atoms with van der Waals surface area (Å²) in [6.07, 6.45) is 96.5. The number of hydrogen-bond acceptors (Lipinski definition) is 1. The van der Waals surface area contributed by atoms with E-state index < -0.39 is 0 Å². The van der Waals surface area contributed by atoms with Crippen molar-refractivity contribution in [1.82, 2.24) is 0 Å². The highest BCUT2D eigenvalue weighted by molar-refractivity contribution is 4.68. The lowest BCUT2D eigenvalue weighted by Gasteiger charge is -2.26. The van der Waals surface area contributed by atoms with Crippen LogP contribution in [0.5, 0.6) is 0 Å². The molecule has 0 amide bonds. The van der Waals surface area contributed by atoms with Crippen LogP contribution >= 0.6 is 0 Å². The van der Waals surface area contributed by atoms with E-state index >= 15 is 0 Å². The average molecular weight is 1030 g/mol. The molecule has 0 saturated heterocycles. The molecule has 0 aromatic rings. The van der Waals surface area contributed by atoms with Crippen molar-refractivity contribution in [1.29, 1.82) is 0 Å². The third-order valence-corrected chi connectivity index (χ3v) is 17.4. The Morgan fingerprint density at radius 2 is 0.233 bits per heavy atom. The SMILES string of the molecule is CCCCCCCCCCCCCCCCCCCC(CCCCCCCCCCCCCCCC)OC(CCCCCCCCCCCCCCCC)CCCCCCCCCCCCCCCCCCC. The normalized spacial score (nSPS) is 12.7. The van der Waals surface area contributed by atoms with Gasteiger partial charge in [-0.2, -0.15) is 0 Å². The van der Waals surface area contributed by atoms with E-state index in [1.165, 1.54) is 424 Å². The molecule has 0 aliphatic carbocycles. The van der Waals surface area contributed by atoms with Gasteiger partial charge in [0.25, 0.3) is 0 Å². The molecule has 0 heterocycles. The molecule has 0 radical (unpaired) electrons. The third kappa shape index (κ3) is 64.4. The van der Waals surface area contributed by atoms with Gasteiger partial charge in [-0.3, -0.25) is 0 Å². The number of rotatable bonds is 68. The molecule has 0 N–H and O–H groups in total.